The van der Waals surface area contributed by atoms with Crippen molar-refractivity contribution in [3.63, 3.8) is 0 Å². The maximum atomic E-state index is 12.5. The number of unbranched alkanes of at least 4 members (excludes halogenated alkanes) is 1. The first kappa shape index (κ1) is 23.6. The van der Waals surface area contributed by atoms with Gasteiger partial charge in [0, 0.05) is 18.3 Å². The Labute approximate surface area is 190 Å². The van der Waals surface area contributed by atoms with Crippen LogP contribution in [0.15, 0.2) is 30.5 Å². The number of nitrogens with two attached hydrogens (primary N) is 3. The van der Waals surface area contributed by atoms with E-state index in [9.17, 15) is 14.7 Å². The van der Waals surface area contributed by atoms with Gasteiger partial charge in [0.25, 0.3) is 5.91 Å². The monoisotopic (exact) mass is 453 g/mol. The summed E-state index contributed by atoms with van der Waals surface area (Å²) in [7, 11) is 1.86. The molecule has 0 radical (unpaired) electrons. The highest BCUT2D eigenvalue weighted by Crippen LogP contribution is 2.19. The second-order valence-corrected chi connectivity index (χ2v) is 7.55. The Bertz CT molecular complexity index is 1140. The first-order valence-corrected chi connectivity index (χ1v) is 10.4. The van der Waals surface area contributed by atoms with E-state index < -0.39 is 17.9 Å². The molecule has 12 nitrogen and oxygen atoms in total. The number of nitrogens with zero attached hydrogens (tertiary/aromatic N) is 5. The molecule has 12 heteroatoms. The second-order valence-electron chi connectivity index (χ2n) is 7.55. The van der Waals surface area contributed by atoms with Gasteiger partial charge in [-0.05, 0) is 50.1 Å². The normalized spacial score (nSPS) is 11.8. The molecule has 1 amide bonds. The summed E-state index contributed by atoms with van der Waals surface area (Å²) in [6, 6.07) is 5.86. The quantitative estimate of drug-likeness (QED) is 0.268. The van der Waals surface area contributed by atoms with Crippen molar-refractivity contribution in [3.8, 4) is 0 Å². The maximum absolute atomic E-state index is 12.5. The van der Waals surface area contributed by atoms with Crippen molar-refractivity contribution in [2.24, 2.45) is 5.73 Å². The number of carbonyl (C=O) groups is 2. The summed E-state index contributed by atoms with van der Waals surface area (Å²) in [5, 5.41) is 11.9. The van der Waals surface area contributed by atoms with Crippen molar-refractivity contribution in [3.05, 3.63) is 41.7 Å². The molecule has 3 aromatic rings. The molecule has 174 valence electrons. The Morgan fingerprint density at radius 3 is 2.52 bits per heavy atom. The predicted molar refractivity (Wildman–Crippen MR) is 124 cm³/mol. The van der Waals surface area contributed by atoms with Crippen LogP contribution in [0.3, 0.4) is 0 Å². The van der Waals surface area contributed by atoms with Crippen LogP contribution < -0.4 is 27.4 Å². The average molecular weight is 454 g/mol. The third-order valence-corrected chi connectivity index (χ3v) is 5.02. The van der Waals surface area contributed by atoms with Crippen molar-refractivity contribution >= 4 is 40.5 Å². The molecule has 0 spiro atoms. The van der Waals surface area contributed by atoms with Crippen molar-refractivity contribution in [1.82, 2.24) is 25.3 Å². The van der Waals surface area contributed by atoms with E-state index in [0.717, 1.165) is 5.69 Å². The molecule has 2 heterocycles. The standard InChI is InChI=1S/C21H27N9O3/c1-30(11-13-10-25-18-16(26-13)17(23)28-21(24)29-18)14-7-5-12(6-8-14)19(31)27-15(20(32)33)4-2-3-9-22/h5-8,10,15H,2-4,9,11,22H2,1H3,(H,27,31)(H,32,33)(H4,23,24,25,28,29)/t15-/m1/s1. The van der Waals surface area contributed by atoms with Gasteiger partial charge in [0.15, 0.2) is 17.0 Å². The number of hydrogen-bond acceptors (Lipinski definition) is 10. The largest absolute Gasteiger partial charge is 0.480 e. The molecule has 8 N–H and O–H groups in total. The fraction of sp³-hybridized carbons (Fsp3) is 0.333. The first-order valence-electron chi connectivity index (χ1n) is 10.4. The van der Waals surface area contributed by atoms with Crippen molar-refractivity contribution < 1.29 is 14.7 Å². The Hall–Kier alpha value is -4.06. The third kappa shape index (κ3) is 6.01. The van der Waals surface area contributed by atoms with Gasteiger partial charge >= 0.3 is 5.97 Å². The number of fused-ring (bicyclic) bond motifs is 1. The van der Waals surface area contributed by atoms with Gasteiger partial charge in [-0.15, -0.1) is 0 Å². The Balaban J connectivity index is 1.66. The van der Waals surface area contributed by atoms with E-state index in [1.807, 2.05) is 11.9 Å². The number of anilines is 3. The number of nitrogens with one attached hydrogen (secondary N) is 1. The molecule has 1 atom stereocenters. The predicted octanol–water partition coefficient (Wildman–Crippen LogP) is 0.533. The molecule has 0 aliphatic heterocycles. The molecule has 2 aromatic heterocycles. The number of carboxylic acid groups (broad SMARTS) is 1. The molecule has 0 aliphatic carbocycles. The van der Waals surface area contributed by atoms with E-state index in [4.69, 9.17) is 17.2 Å². The van der Waals surface area contributed by atoms with E-state index in [2.05, 4.69) is 25.3 Å². The number of carbonyl (C=O) groups excluding carboxylic acids is 1. The lowest BCUT2D eigenvalue weighted by molar-refractivity contribution is -0.139. The second kappa shape index (κ2) is 10.5. The fourth-order valence-corrected chi connectivity index (χ4v) is 3.25. The topological polar surface area (TPSA) is 199 Å². The van der Waals surface area contributed by atoms with Gasteiger partial charge in [-0.25, -0.2) is 14.8 Å². The van der Waals surface area contributed by atoms with Gasteiger partial charge in [0.05, 0.1) is 18.4 Å². The van der Waals surface area contributed by atoms with Gasteiger partial charge in [-0.3, -0.25) is 4.79 Å². The van der Waals surface area contributed by atoms with Crippen molar-refractivity contribution in [1.29, 1.82) is 0 Å². The number of carboxylic acids is 1. The summed E-state index contributed by atoms with van der Waals surface area (Å²) in [5.41, 5.74) is 19.4. The zero-order chi connectivity index (χ0) is 24.0. The van der Waals surface area contributed by atoms with Crippen molar-refractivity contribution in [2.75, 3.05) is 30.0 Å². The molecule has 33 heavy (non-hydrogen) atoms. The lowest BCUT2D eigenvalue weighted by Crippen LogP contribution is -2.40. The number of amides is 1. The summed E-state index contributed by atoms with van der Waals surface area (Å²) in [4.78, 5) is 42.4. The molecule has 1 aromatic carbocycles. The SMILES string of the molecule is CN(Cc1cnc2nc(N)nc(N)c2n1)c1ccc(C(=O)N[C@H](CCCCN)C(=O)O)cc1. The van der Waals surface area contributed by atoms with Gasteiger partial charge < -0.3 is 32.5 Å². The molecular weight excluding hydrogens is 426 g/mol. The maximum Gasteiger partial charge on any atom is 0.326 e. The van der Waals surface area contributed by atoms with E-state index in [0.29, 0.717) is 54.8 Å². The number of aromatic nitrogens is 4. The number of hydrogen-bond donors (Lipinski definition) is 5. The first-order chi connectivity index (χ1) is 15.8. The lowest BCUT2D eigenvalue weighted by Gasteiger charge is -2.19. The summed E-state index contributed by atoms with van der Waals surface area (Å²) < 4.78 is 0. The zero-order valence-electron chi connectivity index (χ0n) is 18.2. The summed E-state index contributed by atoms with van der Waals surface area (Å²) in [6.45, 7) is 0.899. The number of benzene rings is 1. The smallest absolute Gasteiger partial charge is 0.326 e. The van der Waals surface area contributed by atoms with Crippen LogP contribution >= 0.6 is 0 Å². The minimum Gasteiger partial charge on any atom is -0.480 e. The highest BCUT2D eigenvalue weighted by Gasteiger charge is 2.20. The van der Waals surface area contributed by atoms with Gasteiger partial charge in [0.2, 0.25) is 5.95 Å². The summed E-state index contributed by atoms with van der Waals surface area (Å²) in [6.07, 6.45) is 3.24. The molecule has 0 aliphatic rings. The third-order valence-electron chi connectivity index (χ3n) is 5.02. The molecule has 0 saturated heterocycles. The highest BCUT2D eigenvalue weighted by atomic mass is 16.4. The van der Waals surface area contributed by atoms with Gasteiger partial charge in [-0.2, -0.15) is 9.97 Å². The fourth-order valence-electron chi connectivity index (χ4n) is 3.25. The molecule has 0 unspecified atom stereocenters. The lowest BCUT2D eigenvalue weighted by atomic mass is 10.1. The Kier molecular flexibility index (Phi) is 7.51. The minimum atomic E-state index is -1.07. The minimum absolute atomic E-state index is 0.0357. The van der Waals surface area contributed by atoms with Crippen LogP contribution in [0.4, 0.5) is 17.5 Å². The Morgan fingerprint density at radius 1 is 1.12 bits per heavy atom. The van der Waals surface area contributed by atoms with E-state index in [1.54, 1.807) is 30.5 Å². The van der Waals surface area contributed by atoms with Crippen LogP contribution in [0.2, 0.25) is 0 Å². The van der Waals surface area contributed by atoms with Crippen LogP contribution in [-0.4, -0.2) is 56.6 Å². The van der Waals surface area contributed by atoms with Crippen LogP contribution in [-0.2, 0) is 11.3 Å². The van der Waals surface area contributed by atoms with Crippen LogP contribution in [0.1, 0.15) is 35.3 Å². The van der Waals surface area contributed by atoms with Crippen LogP contribution in [0, 0.1) is 0 Å². The molecule has 3 rings (SSSR count). The van der Waals surface area contributed by atoms with E-state index >= 15 is 0 Å². The summed E-state index contributed by atoms with van der Waals surface area (Å²) >= 11 is 0. The molecule has 0 fully saturated rings. The number of aliphatic carboxylic acids is 1. The van der Waals surface area contributed by atoms with Gasteiger partial charge in [-0.1, -0.05) is 0 Å². The Morgan fingerprint density at radius 2 is 1.85 bits per heavy atom. The highest BCUT2D eigenvalue weighted by molar-refractivity contribution is 5.96. The van der Waals surface area contributed by atoms with Crippen molar-refractivity contribution in [2.45, 2.75) is 31.8 Å². The summed E-state index contributed by atoms with van der Waals surface area (Å²) in [5.74, 6) is -1.32. The molecule has 0 saturated carbocycles. The number of rotatable bonds is 10. The zero-order valence-corrected chi connectivity index (χ0v) is 18.2. The van der Waals surface area contributed by atoms with E-state index in [1.165, 1.54) is 0 Å². The van der Waals surface area contributed by atoms with E-state index in [-0.39, 0.29) is 11.8 Å². The van der Waals surface area contributed by atoms with Gasteiger partial charge in [0.1, 0.15) is 6.04 Å². The average Bonchev–Trinajstić information content (AvgIpc) is 2.78. The van der Waals surface area contributed by atoms with Crippen LogP contribution in [0.25, 0.3) is 11.2 Å². The molecular formula is C21H27N9O3. The molecule has 0 bridgehead atoms. The van der Waals surface area contributed by atoms with Crippen LogP contribution in [0.5, 0.6) is 0 Å². The number of nitrogen functional groups attached to an aromatic ring is 2.